The van der Waals surface area contributed by atoms with Gasteiger partial charge in [-0.05, 0) is 55.7 Å². The molecule has 1 amide bonds. The summed E-state index contributed by atoms with van der Waals surface area (Å²) in [5, 5.41) is 3.52. The molecule has 1 N–H and O–H groups in total. The lowest BCUT2D eigenvalue weighted by atomic mass is 10.1. The van der Waals surface area contributed by atoms with Gasteiger partial charge in [-0.2, -0.15) is 0 Å². The SMILES string of the molecule is Cc1ccc(C)c(NC(=O)c2ccc(C)c(Cl)c2)c1. The van der Waals surface area contributed by atoms with Crippen molar-refractivity contribution < 1.29 is 4.79 Å². The van der Waals surface area contributed by atoms with Crippen LogP contribution in [-0.4, -0.2) is 5.91 Å². The van der Waals surface area contributed by atoms with Crippen molar-refractivity contribution in [3.05, 3.63) is 63.7 Å². The zero-order chi connectivity index (χ0) is 14.0. The van der Waals surface area contributed by atoms with E-state index in [-0.39, 0.29) is 5.91 Å². The average molecular weight is 274 g/mol. The number of nitrogens with one attached hydrogen (secondary N) is 1. The molecule has 0 aliphatic carbocycles. The Morgan fingerprint density at radius 2 is 1.68 bits per heavy atom. The molecule has 0 heterocycles. The molecule has 0 aliphatic rings. The molecule has 0 radical (unpaired) electrons. The third-order valence-electron chi connectivity index (χ3n) is 3.08. The predicted molar refractivity (Wildman–Crippen MR) is 80.1 cm³/mol. The molecule has 0 unspecified atom stereocenters. The van der Waals surface area contributed by atoms with Gasteiger partial charge in [-0.3, -0.25) is 4.79 Å². The minimum absolute atomic E-state index is 0.143. The van der Waals surface area contributed by atoms with Gasteiger partial charge in [-0.25, -0.2) is 0 Å². The van der Waals surface area contributed by atoms with Crippen LogP contribution in [0.25, 0.3) is 0 Å². The lowest BCUT2D eigenvalue weighted by Gasteiger charge is -2.10. The Balaban J connectivity index is 2.25. The summed E-state index contributed by atoms with van der Waals surface area (Å²) in [6, 6.07) is 11.3. The fourth-order valence-corrected chi connectivity index (χ4v) is 1.98. The highest BCUT2D eigenvalue weighted by atomic mass is 35.5. The van der Waals surface area contributed by atoms with Crippen molar-refractivity contribution in [1.29, 1.82) is 0 Å². The largest absolute Gasteiger partial charge is 0.322 e. The van der Waals surface area contributed by atoms with Crippen LogP contribution in [0.4, 0.5) is 5.69 Å². The molecule has 0 spiro atoms. The standard InChI is InChI=1S/C16H16ClNO/c1-10-4-5-12(3)15(8-10)18-16(19)13-7-6-11(2)14(17)9-13/h4-9H,1-3H3,(H,18,19). The summed E-state index contributed by atoms with van der Waals surface area (Å²) in [6.07, 6.45) is 0. The molecule has 3 heteroatoms. The van der Waals surface area contributed by atoms with Crippen LogP contribution in [0.5, 0.6) is 0 Å². The summed E-state index contributed by atoms with van der Waals surface area (Å²) in [5.74, 6) is -0.143. The fraction of sp³-hybridized carbons (Fsp3) is 0.188. The van der Waals surface area contributed by atoms with E-state index >= 15 is 0 Å². The van der Waals surface area contributed by atoms with Crippen molar-refractivity contribution >= 4 is 23.2 Å². The first kappa shape index (κ1) is 13.6. The van der Waals surface area contributed by atoms with Gasteiger partial charge in [0.25, 0.3) is 5.91 Å². The second kappa shape index (κ2) is 5.45. The first-order chi connectivity index (χ1) is 8.97. The number of halogens is 1. The van der Waals surface area contributed by atoms with E-state index in [1.165, 1.54) is 0 Å². The van der Waals surface area contributed by atoms with Crippen LogP contribution in [0.3, 0.4) is 0 Å². The van der Waals surface area contributed by atoms with Gasteiger partial charge in [0.05, 0.1) is 0 Å². The van der Waals surface area contributed by atoms with Gasteiger partial charge < -0.3 is 5.32 Å². The van der Waals surface area contributed by atoms with Crippen molar-refractivity contribution in [2.24, 2.45) is 0 Å². The monoisotopic (exact) mass is 273 g/mol. The van der Waals surface area contributed by atoms with Gasteiger partial charge in [0.2, 0.25) is 0 Å². The highest BCUT2D eigenvalue weighted by Gasteiger charge is 2.09. The van der Waals surface area contributed by atoms with E-state index in [0.29, 0.717) is 10.6 Å². The third-order valence-corrected chi connectivity index (χ3v) is 3.48. The van der Waals surface area contributed by atoms with E-state index in [1.807, 2.05) is 45.0 Å². The lowest BCUT2D eigenvalue weighted by molar-refractivity contribution is 0.102. The number of hydrogen-bond acceptors (Lipinski definition) is 1. The number of rotatable bonds is 2. The molecule has 0 bridgehead atoms. The molecule has 19 heavy (non-hydrogen) atoms. The number of benzene rings is 2. The fourth-order valence-electron chi connectivity index (χ4n) is 1.80. The van der Waals surface area contributed by atoms with Crippen LogP contribution >= 0.6 is 11.6 Å². The average Bonchev–Trinajstić information content (AvgIpc) is 2.37. The van der Waals surface area contributed by atoms with Crippen molar-refractivity contribution in [1.82, 2.24) is 0 Å². The Morgan fingerprint density at radius 3 is 2.37 bits per heavy atom. The Morgan fingerprint density at radius 1 is 1.00 bits per heavy atom. The quantitative estimate of drug-likeness (QED) is 0.856. The van der Waals surface area contributed by atoms with Crippen LogP contribution in [0.1, 0.15) is 27.0 Å². The number of carbonyl (C=O) groups excluding carboxylic acids is 1. The van der Waals surface area contributed by atoms with Gasteiger partial charge in [0.15, 0.2) is 0 Å². The van der Waals surface area contributed by atoms with Crippen molar-refractivity contribution in [3.8, 4) is 0 Å². The van der Waals surface area contributed by atoms with Crippen LogP contribution in [0, 0.1) is 20.8 Å². The predicted octanol–water partition coefficient (Wildman–Crippen LogP) is 4.52. The second-order valence-electron chi connectivity index (χ2n) is 4.74. The van der Waals surface area contributed by atoms with E-state index in [1.54, 1.807) is 12.1 Å². The summed E-state index contributed by atoms with van der Waals surface area (Å²) in [7, 11) is 0. The van der Waals surface area contributed by atoms with Gasteiger partial charge in [0, 0.05) is 16.3 Å². The van der Waals surface area contributed by atoms with Gasteiger partial charge in [0.1, 0.15) is 0 Å². The molecule has 0 aromatic heterocycles. The number of amides is 1. The van der Waals surface area contributed by atoms with Crippen molar-refractivity contribution in [2.45, 2.75) is 20.8 Å². The van der Waals surface area contributed by atoms with E-state index in [9.17, 15) is 4.79 Å². The van der Waals surface area contributed by atoms with Crippen LogP contribution in [0.15, 0.2) is 36.4 Å². The van der Waals surface area contributed by atoms with Gasteiger partial charge in [-0.15, -0.1) is 0 Å². The summed E-state index contributed by atoms with van der Waals surface area (Å²) >= 11 is 6.04. The normalized spacial score (nSPS) is 10.3. The molecule has 0 saturated carbocycles. The maximum absolute atomic E-state index is 12.2. The highest BCUT2D eigenvalue weighted by molar-refractivity contribution is 6.31. The molecule has 2 nitrogen and oxygen atoms in total. The molecule has 2 aromatic rings. The zero-order valence-electron chi connectivity index (χ0n) is 11.3. The molecular formula is C16H16ClNO. The summed E-state index contributed by atoms with van der Waals surface area (Å²) in [4.78, 5) is 12.2. The third kappa shape index (κ3) is 3.15. The molecule has 2 aromatic carbocycles. The van der Waals surface area contributed by atoms with Gasteiger partial charge >= 0.3 is 0 Å². The number of hydrogen-bond donors (Lipinski definition) is 1. The van der Waals surface area contributed by atoms with Crippen LogP contribution in [0.2, 0.25) is 5.02 Å². The first-order valence-electron chi connectivity index (χ1n) is 6.12. The first-order valence-corrected chi connectivity index (χ1v) is 6.50. The van der Waals surface area contributed by atoms with Crippen LogP contribution < -0.4 is 5.32 Å². The molecule has 98 valence electrons. The molecular weight excluding hydrogens is 258 g/mol. The minimum atomic E-state index is -0.143. The zero-order valence-corrected chi connectivity index (χ0v) is 12.0. The molecule has 0 fully saturated rings. The highest BCUT2D eigenvalue weighted by Crippen LogP contribution is 2.20. The maximum atomic E-state index is 12.2. The maximum Gasteiger partial charge on any atom is 0.255 e. The summed E-state index contributed by atoms with van der Waals surface area (Å²) < 4.78 is 0. The Labute approximate surface area is 118 Å². The van der Waals surface area contributed by atoms with E-state index in [4.69, 9.17) is 11.6 Å². The Bertz CT molecular complexity index is 635. The second-order valence-corrected chi connectivity index (χ2v) is 5.14. The molecule has 0 saturated heterocycles. The minimum Gasteiger partial charge on any atom is -0.322 e. The Hall–Kier alpha value is -1.80. The molecule has 2 rings (SSSR count). The van der Waals surface area contributed by atoms with E-state index in [0.717, 1.165) is 22.4 Å². The van der Waals surface area contributed by atoms with Gasteiger partial charge in [-0.1, -0.05) is 29.8 Å². The molecule has 0 aliphatic heterocycles. The van der Waals surface area contributed by atoms with E-state index < -0.39 is 0 Å². The lowest BCUT2D eigenvalue weighted by Crippen LogP contribution is -2.13. The summed E-state index contributed by atoms with van der Waals surface area (Å²) in [6.45, 7) is 5.88. The van der Waals surface area contributed by atoms with Crippen molar-refractivity contribution in [2.75, 3.05) is 5.32 Å². The number of aryl methyl sites for hydroxylation is 3. The van der Waals surface area contributed by atoms with Crippen molar-refractivity contribution in [3.63, 3.8) is 0 Å². The topological polar surface area (TPSA) is 29.1 Å². The smallest absolute Gasteiger partial charge is 0.255 e. The van der Waals surface area contributed by atoms with E-state index in [2.05, 4.69) is 5.32 Å². The number of anilines is 1. The molecule has 0 atom stereocenters. The Kier molecular flexibility index (Phi) is 3.91. The van der Waals surface area contributed by atoms with Crippen LogP contribution in [-0.2, 0) is 0 Å². The number of carbonyl (C=O) groups is 1. The summed E-state index contributed by atoms with van der Waals surface area (Å²) in [5.41, 5.74) is 4.52.